The zero-order valence-electron chi connectivity index (χ0n) is 13.3. The zero-order chi connectivity index (χ0) is 16.5. The topological polar surface area (TPSA) is 72.7 Å². The van der Waals surface area contributed by atoms with Crippen molar-refractivity contribution in [2.24, 2.45) is 0 Å². The highest BCUT2D eigenvalue weighted by Crippen LogP contribution is 2.22. The third kappa shape index (κ3) is 2.94. The Morgan fingerprint density at radius 1 is 1.38 bits per heavy atom. The van der Waals surface area contributed by atoms with E-state index in [1.807, 2.05) is 31.3 Å². The molecular formula is C17H17N5OS. The number of aromatic nitrogens is 4. The summed E-state index contributed by atoms with van der Waals surface area (Å²) in [4.78, 5) is 25.6. The van der Waals surface area contributed by atoms with Crippen molar-refractivity contribution in [3.05, 3.63) is 53.2 Å². The number of carbonyl (C=O) groups excluding carboxylic acids is 1. The van der Waals surface area contributed by atoms with Crippen LogP contribution in [-0.4, -0.2) is 31.5 Å². The van der Waals surface area contributed by atoms with Crippen molar-refractivity contribution in [3.8, 4) is 10.7 Å². The average molecular weight is 339 g/mol. The lowest BCUT2D eigenvalue weighted by Gasteiger charge is -2.24. The molecule has 24 heavy (non-hydrogen) atoms. The van der Waals surface area contributed by atoms with Crippen molar-refractivity contribution in [2.75, 3.05) is 0 Å². The number of thiazole rings is 1. The number of hydrogen-bond donors (Lipinski definition) is 1. The predicted molar refractivity (Wildman–Crippen MR) is 91.9 cm³/mol. The molecule has 0 fully saturated rings. The molecule has 3 aromatic heterocycles. The summed E-state index contributed by atoms with van der Waals surface area (Å²) in [5.74, 6) is 0.975. The third-order valence-corrected chi connectivity index (χ3v) is 4.93. The molecule has 1 N–H and O–H groups in total. The number of imidazole rings is 1. The summed E-state index contributed by atoms with van der Waals surface area (Å²) in [5.41, 5.74) is 2.27. The Morgan fingerprint density at radius 3 is 3.12 bits per heavy atom. The molecule has 1 aliphatic rings. The number of fused-ring (bicyclic) bond motifs is 1. The Bertz CT molecular complexity index is 870. The maximum Gasteiger partial charge on any atom is 0.271 e. The van der Waals surface area contributed by atoms with E-state index in [1.165, 1.54) is 11.3 Å². The number of amides is 1. The monoisotopic (exact) mass is 339 g/mol. The Labute approximate surface area is 143 Å². The molecule has 0 spiro atoms. The normalized spacial score (nSPS) is 16.6. The van der Waals surface area contributed by atoms with Crippen LogP contribution in [0.3, 0.4) is 0 Å². The molecule has 3 aromatic rings. The summed E-state index contributed by atoms with van der Waals surface area (Å²) in [6, 6.07) is 5.78. The van der Waals surface area contributed by atoms with E-state index in [9.17, 15) is 4.79 Å². The van der Waals surface area contributed by atoms with Gasteiger partial charge in [0.1, 0.15) is 16.5 Å². The summed E-state index contributed by atoms with van der Waals surface area (Å²) >= 11 is 1.44. The van der Waals surface area contributed by atoms with Crippen LogP contribution in [0.4, 0.5) is 0 Å². The zero-order valence-corrected chi connectivity index (χ0v) is 14.1. The molecule has 122 valence electrons. The molecule has 0 saturated heterocycles. The largest absolute Gasteiger partial charge is 0.346 e. The van der Waals surface area contributed by atoms with E-state index in [-0.39, 0.29) is 11.9 Å². The lowest BCUT2D eigenvalue weighted by Crippen LogP contribution is -2.41. The first-order chi connectivity index (χ1) is 11.7. The van der Waals surface area contributed by atoms with Gasteiger partial charge in [0.2, 0.25) is 0 Å². The van der Waals surface area contributed by atoms with Gasteiger partial charge in [0.25, 0.3) is 5.91 Å². The Hall–Kier alpha value is -2.54. The highest BCUT2D eigenvalue weighted by atomic mass is 32.1. The molecule has 1 atom stereocenters. The van der Waals surface area contributed by atoms with Crippen molar-refractivity contribution >= 4 is 17.2 Å². The highest BCUT2D eigenvalue weighted by molar-refractivity contribution is 7.13. The van der Waals surface area contributed by atoms with E-state index in [2.05, 4.69) is 24.8 Å². The van der Waals surface area contributed by atoms with Crippen molar-refractivity contribution in [3.63, 3.8) is 0 Å². The van der Waals surface area contributed by atoms with Crippen LogP contribution in [0, 0.1) is 6.92 Å². The average Bonchev–Trinajstić information content (AvgIpc) is 3.21. The maximum absolute atomic E-state index is 12.5. The number of pyridine rings is 1. The molecule has 0 saturated carbocycles. The van der Waals surface area contributed by atoms with Gasteiger partial charge in [0, 0.05) is 36.8 Å². The van der Waals surface area contributed by atoms with E-state index in [0.29, 0.717) is 5.69 Å². The molecule has 0 radical (unpaired) electrons. The number of nitrogens with zero attached hydrogens (tertiary/aromatic N) is 4. The van der Waals surface area contributed by atoms with E-state index in [4.69, 9.17) is 0 Å². The minimum Gasteiger partial charge on any atom is -0.346 e. The predicted octanol–water partition coefficient (Wildman–Crippen LogP) is 2.45. The second kappa shape index (κ2) is 6.16. The van der Waals surface area contributed by atoms with E-state index < -0.39 is 0 Å². The molecule has 0 aromatic carbocycles. The smallest absolute Gasteiger partial charge is 0.271 e. The molecule has 0 bridgehead atoms. The van der Waals surface area contributed by atoms with Crippen LogP contribution in [0.1, 0.15) is 28.4 Å². The van der Waals surface area contributed by atoms with Gasteiger partial charge in [-0.05, 0) is 25.5 Å². The van der Waals surface area contributed by atoms with Crippen molar-refractivity contribution in [1.29, 1.82) is 0 Å². The fourth-order valence-corrected chi connectivity index (χ4v) is 3.72. The minimum absolute atomic E-state index is 0.110. The second-order valence-electron chi connectivity index (χ2n) is 5.91. The minimum atomic E-state index is -0.126. The van der Waals surface area contributed by atoms with E-state index >= 15 is 0 Å². The number of nitrogens with one attached hydrogen (secondary N) is 1. The first-order valence-electron chi connectivity index (χ1n) is 7.89. The van der Waals surface area contributed by atoms with Gasteiger partial charge in [-0.15, -0.1) is 11.3 Å². The summed E-state index contributed by atoms with van der Waals surface area (Å²) in [6.45, 7) is 2.76. The Morgan fingerprint density at radius 2 is 2.29 bits per heavy atom. The van der Waals surface area contributed by atoms with Crippen LogP contribution in [0.15, 0.2) is 36.0 Å². The second-order valence-corrected chi connectivity index (χ2v) is 6.77. The number of aryl methyl sites for hydroxylation is 2. The number of rotatable bonds is 3. The fourth-order valence-electron chi connectivity index (χ4n) is 2.95. The molecule has 6 nitrogen and oxygen atoms in total. The van der Waals surface area contributed by atoms with Gasteiger partial charge in [-0.1, -0.05) is 6.07 Å². The lowest BCUT2D eigenvalue weighted by molar-refractivity contribution is 0.0923. The van der Waals surface area contributed by atoms with Crippen LogP contribution < -0.4 is 5.32 Å². The van der Waals surface area contributed by atoms with E-state index in [1.54, 1.807) is 11.6 Å². The van der Waals surface area contributed by atoms with Crippen molar-refractivity contribution < 1.29 is 4.79 Å². The van der Waals surface area contributed by atoms with Gasteiger partial charge >= 0.3 is 0 Å². The first-order valence-corrected chi connectivity index (χ1v) is 8.77. The van der Waals surface area contributed by atoms with Gasteiger partial charge < -0.3 is 9.88 Å². The van der Waals surface area contributed by atoms with Gasteiger partial charge in [0.15, 0.2) is 0 Å². The Balaban J connectivity index is 1.45. The molecular weight excluding hydrogens is 322 g/mol. The van der Waals surface area contributed by atoms with Gasteiger partial charge in [-0.25, -0.2) is 9.97 Å². The van der Waals surface area contributed by atoms with Gasteiger partial charge in [0.05, 0.1) is 11.4 Å². The van der Waals surface area contributed by atoms with Crippen LogP contribution in [0.5, 0.6) is 0 Å². The molecule has 7 heteroatoms. The summed E-state index contributed by atoms with van der Waals surface area (Å²) in [5, 5.41) is 5.63. The van der Waals surface area contributed by atoms with Crippen molar-refractivity contribution in [1.82, 2.24) is 24.8 Å². The fraction of sp³-hybridized carbons (Fsp3) is 0.294. The standard InChI is InChI=1S/C17H17N5OS/c1-11-8-22-9-12(5-6-15(22)19-11)20-16(23)14-10-24-17(21-14)13-4-2-3-7-18-13/h2-4,7-8,10,12H,5-6,9H2,1H3,(H,20,23). The third-order valence-electron chi connectivity index (χ3n) is 4.07. The summed E-state index contributed by atoms with van der Waals surface area (Å²) in [6.07, 6.45) is 5.55. The molecule has 0 aliphatic carbocycles. The van der Waals surface area contributed by atoms with E-state index in [0.717, 1.165) is 41.6 Å². The van der Waals surface area contributed by atoms with Crippen LogP contribution in [0.2, 0.25) is 0 Å². The molecule has 1 aliphatic heterocycles. The Kier molecular flexibility index (Phi) is 3.86. The van der Waals surface area contributed by atoms with Crippen LogP contribution in [-0.2, 0) is 13.0 Å². The molecule has 4 heterocycles. The highest BCUT2D eigenvalue weighted by Gasteiger charge is 2.22. The van der Waals surface area contributed by atoms with Gasteiger partial charge in [-0.2, -0.15) is 0 Å². The van der Waals surface area contributed by atoms with Gasteiger partial charge in [-0.3, -0.25) is 9.78 Å². The maximum atomic E-state index is 12.5. The first kappa shape index (κ1) is 15.0. The number of hydrogen-bond acceptors (Lipinski definition) is 5. The molecule has 1 unspecified atom stereocenters. The quantitative estimate of drug-likeness (QED) is 0.795. The van der Waals surface area contributed by atoms with Crippen molar-refractivity contribution in [2.45, 2.75) is 32.4 Å². The summed E-state index contributed by atoms with van der Waals surface area (Å²) in [7, 11) is 0. The SMILES string of the molecule is Cc1cn2c(n1)CCC(NC(=O)c1csc(-c3ccccn3)n1)C2. The summed E-state index contributed by atoms with van der Waals surface area (Å²) < 4.78 is 2.13. The molecule has 4 rings (SSSR count). The van der Waals surface area contributed by atoms with Crippen LogP contribution >= 0.6 is 11.3 Å². The van der Waals surface area contributed by atoms with Crippen LogP contribution in [0.25, 0.3) is 10.7 Å². The molecule has 1 amide bonds. The number of carbonyl (C=O) groups is 1. The lowest BCUT2D eigenvalue weighted by atomic mass is 10.1.